The van der Waals surface area contributed by atoms with Crippen LogP contribution in [0.1, 0.15) is 28.9 Å². The third kappa shape index (κ3) is 4.10. The van der Waals surface area contributed by atoms with Gasteiger partial charge < -0.3 is 9.64 Å². The lowest BCUT2D eigenvalue weighted by Crippen LogP contribution is -2.48. The summed E-state index contributed by atoms with van der Waals surface area (Å²) in [6.07, 6.45) is 2.47. The zero-order chi connectivity index (χ0) is 17.8. The Morgan fingerprint density at radius 3 is 2.72 bits per heavy atom. The second kappa shape index (κ2) is 7.83. The normalized spacial score (nSPS) is 20.7. The summed E-state index contributed by atoms with van der Waals surface area (Å²) in [4.78, 5) is 14.7. The highest BCUT2D eigenvalue weighted by Gasteiger charge is 2.31. The van der Waals surface area contributed by atoms with Gasteiger partial charge in [-0.05, 0) is 38.2 Å². The Morgan fingerprint density at radius 2 is 2.08 bits per heavy atom. The Labute approximate surface area is 149 Å². The quantitative estimate of drug-likeness (QED) is 0.910. The van der Waals surface area contributed by atoms with Crippen molar-refractivity contribution in [3.63, 3.8) is 0 Å². The minimum atomic E-state index is 0.0875. The van der Waals surface area contributed by atoms with Crippen molar-refractivity contribution in [2.45, 2.75) is 39.2 Å². The molecule has 25 heavy (non-hydrogen) atoms. The summed E-state index contributed by atoms with van der Waals surface area (Å²) < 4.78 is 5.73. The van der Waals surface area contributed by atoms with Crippen molar-refractivity contribution in [1.29, 1.82) is 0 Å². The summed E-state index contributed by atoms with van der Waals surface area (Å²) in [6.45, 7) is 5.37. The first-order valence-electron chi connectivity index (χ1n) is 8.93. The lowest BCUT2D eigenvalue weighted by Gasteiger charge is -2.38. The molecule has 1 aliphatic heterocycles. The number of amides is 1. The van der Waals surface area contributed by atoms with Crippen molar-refractivity contribution in [2.24, 2.45) is 5.92 Å². The highest BCUT2D eigenvalue weighted by atomic mass is 16.5. The third-order valence-electron chi connectivity index (χ3n) is 5.30. The van der Waals surface area contributed by atoms with Crippen molar-refractivity contribution in [3.05, 3.63) is 52.8 Å². The van der Waals surface area contributed by atoms with E-state index in [1.165, 1.54) is 5.56 Å². The van der Waals surface area contributed by atoms with Crippen molar-refractivity contribution >= 4 is 5.91 Å². The summed E-state index contributed by atoms with van der Waals surface area (Å²) in [5, 5.41) is 7.14. The highest BCUT2D eigenvalue weighted by molar-refractivity contribution is 5.79. The number of H-pyrrole nitrogens is 1. The van der Waals surface area contributed by atoms with Crippen molar-refractivity contribution < 1.29 is 9.53 Å². The fourth-order valence-corrected chi connectivity index (χ4v) is 3.71. The summed E-state index contributed by atoms with van der Waals surface area (Å²) in [5.41, 5.74) is 4.24. The smallest absolute Gasteiger partial charge is 0.227 e. The van der Waals surface area contributed by atoms with E-state index in [4.69, 9.17) is 4.74 Å². The Hall–Kier alpha value is -2.14. The molecule has 1 fully saturated rings. The number of carbonyl (C=O) groups excluding carboxylic acids is 1. The van der Waals surface area contributed by atoms with Gasteiger partial charge in [-0.1, -0.05) is 30.3 Å². The minimum Gasteiger partial charge on any atom is -0.379 e. The van der Waals surface area contributed by atoms with Crippen LogP contribution in [-0.2, 0) is 22.4 Å². The number of aryl methyl sites for hydroxylation is 2. The van der Waals surface area contributed by atoms with E-state index in [2.05, 4.69) is 34.5 Å². The molecule has 1 aliphatic rings. The molecule has 5 nitrogen and oxygen atoms in total. The van der Waals surface area contributed by atoms with E-state index in [0.29, 0.717) is 18.9 Å². The SMILES string of the molecule is CO[C@H]1CN(C(=O)Cc2c(C)n[nH]c2C)CC[C@@H]1Cc1ccccc1. The van der Waals surface area contributed by atoms with Crippen LogP contribution < -0.4 is 0 Å². The van der Waals surface area contributed by atoms with Gasteiger partial charge in [-0.25, -0.2) is 0 Å². The molecule has 1 amide bonds. The number of piperidine rings is 1. The first-order chi connectivity index (χ1) is 12.1. The molecule has 2 heterocycles. The molecule has 0 unspecified atom stereocenters. The van der Waals surface area contributed by atoms with E-state index in [1.54, 1.807) is 7.11 Å². The van der Waals surface area contributed by atoms with Gasteiger partial charge in [-0.15, -0.1) is 0 Å². The molecular weight excluding hydrogens is 314 g/mol. The molecule has 1 N–H and O–H groups in total. The Morgan fingerprint density at radius 1 is 1.32 bits per heavy atom. The summed E-state index contributed by atoms with van der Waals surface area (Å²) >= 11 is 0. The van der Waals surface area contributed by atoms with E-state index in [9.17, 15) is 4.79 Å². The molecule has 0 saturated carbocycles. The lowest BCUT2D eigenvalue weighted by molar-refractivity contribution is -0.135. The van der Waals surface area contributed by atoms with E-state index in [-0.39, 0.29) is 12.0 Å². The van der Waals surface area contributed by atoms with Gasteiger partial charge in [0.05, 0.1) is 18.2 Å². The molecule has 1 saturated heterocycles. The van der Waals surface area contributed by atoms with Crippen LogP contribution in [0.3, 0.4) is 0 Å². The van der Waals surface area contributed by atoms with Gasteiger partial charge in [-0.2, -0.15) is 5.10 Å². The molecule has 5 heteroatoms. The predicted molar refractivity (Wildman–Crippen MR) is 97.4 cm³/mol. The van der Waals surface area contributed by atoms with Gasteiger partial charge in [0.2, 0.25) is 5.91 Å². The predicted octanol–water partition coefficient (Wildman–Crippen LogP) is 2.68. The van der Waals surface area contributed by atoms with Gasteiger partial charge in [-0.3, -0.25) is 9.89 Å². The van der Waals surface area contributed by atoms with Gasteiger partial charge >= 0.3 is 0 Å². The molecule has 134 valence electrons. The van der Waals surface area contributed by atoms with Gasteiger partial charge in [0.15, 0.2) is 0 Å². The maximum Gasteiger partial charge on any atom is 0.227 e. The number of carbonyl (C=O) groups is 1. The largest absolute Gasteiger partial charge is 0.379 e. The van der Waals surface area contributed by atoms with E-state index in [1.807, 2.05) is 24.8 Å². The highest BCUT2D eigenvalue weighted by Crippen LogP contribution is 2.25. The number of hydrogen-bond acceptors (Lipinski definition) is 3. The maximum atomic E-state index is 12.7. The minimum absolute atomic E-state index is 0.0875. The van der Waals surface area contributed by atoms with Crippen LogP contribution in [-0.4, -0.2) is 47.3 Å². The van der Waals surface area contributed by atoms with Crippen LogP contribution in [0, 0.1) is 19.8 Å². The first-order valence-corrected chi connectivity index (χ1v) is 8.93. The maximum absolute atomic E-state index is 12.7. The number of likely N-dealkylation sites (tertiary alicyclic amines) is 1. The van der Waals surface area contributed by atoms with Crippen LogP contribution in [0.25, 0.3) is 0 Å². The van der Waals surface area contributed by atoms with Gasteiger partial charge in [0.25, 0.3) is 0 Å². The molecule has 2 atom stereocenters. The van der Waals surface area contributed by atoms with Crippen LogP contribution in [0.2, 0.25) is 0 Å². The van der Waals surface area contributed by atoms with E-state index < -0.39 is 0 Å². The van der Waals surface area contributed by atoms with Gasteiger partial charge in [0.1, 0.15) is 0 Å². The zero-order valence-electron chi connectivity index (χ0n) is 15.3. The molecule has 0 spiro atoms. The number of rotatable bonds is 5. The van der Waals surface area contributed by atoms with Gasteiger partial charge in [0, 0.05) is 31.5 Å². The molecule has 1 aromatic carbocycles. The molecular formula is C20H27N3O2. The number of benzene rings is 1. The Kier molecular flexibility index (Phi) is 5.53. The number of nitrogens with one attached hydrogen (secondary N) is 1. The topological polar surface area (TPSA) is 58.2 Å². The summed E-state index contributed by atoms with van der Waals surface area (Å²) in [7, 11) is 1.75. The zero-order valence-corrected chi connectivity index (χ0v) is 15.3. The number of nitrogens with zero attached hydrogens (tertiary/aromatic N) is 2. The lowest BCUT2D eigenvalue weighted by atomic mass is 9.87. The molecule has 0 bridgehead atoms. The Bertz CT molecular complexity index is 691. The molecule has 0 aliphatic carbocycles. The number of aromatic amines is 1. The van der Waals surface area contributed by atoms with Crippen LogP contribution >= 0.6 is 0 Å². The second-order valence-corrected chi connectivity index (χ2v) is 6.94. The number of aromatic nitrogens is 2. The first kappa shape index (κ1) is 17.7. The molecule has 3 rings (SSSR count). The van der Waals surface area contributed by atoms with E-state index >= 15 is 0 Å². The van der Waals surface area contributed by atoms with Crippen LogP contribution in [0.4, 0.5) is 0 Å². The average molecular weight is 341 g/mol. The Balaban J connectivity index is 1.62. The fraction of sp³-hybridized carbons (Fsp3) is 0.500. The standard InChI is InChI=1S/C20H27N3O2/c1-14-18(15(2)22-21-14)12-20(24)23-10-9-17(19(13-23)25-3)11-16-7-5-4-6-8-16/h4-8,17,19H,9-13H2,1-3H3,(H,21,22)/t17-,19+/m1/s1. The summed E-state index contributed by atoms with van der Waals surface area (Å²) in [6, 6.07) is 10.5. The van der Waals surface area contributed by atoms with Crippen LogP contribution in [0.15, 0.2) is 30.3 Å². The molecule has 2 aromatic rings. The number of ether oxygens (including phenoxy) is 1. The van der Waals surface area contributed by atoms with Crippen molar-refractivity contribution in [2.75, 3.05) is 20.2 Å². The van der Waals surface area contributed by atoms with Crippen LogP contribution in [0.5, 0.6) is 0 Å². The fourth-order valence-electron chi connectivity index (χ4n) is 3.71. The summed E-state index contributed by atoms with van der Waals surface area (Å²) in [5.74, 6) is 0.613. The molecule has 0 radical (unpaired) electrons. The second-order valence-electron chi connectivity index (χ2n) is 6.94. The molecule has 1 aromatic heterocycles. The third-order valence-corrected chi connectivity index (χ3v) is 5.30. The monoisotopic (exact) mass is 341 g/mol. The average Bonchev–Trinajstić information content (AvgIpc) is 2.95. The number of methoxy groups -OCH3 is 1. The van der Waals surface area contributed by atoms with Crippen molar-refractivity contribution in [1.82, 2.24) is 15.1 Å². The van der Waals surface area contributed by atoms with E-state index in [0.717, 1.165) is 36.3 Å². The number of hydrogen-bond donors (Lipinski definition) is 1. The van der Waals surface area contributed by atoms with Crippen molar-refractivity contribution in [3.8, 4) is 0 Å².